The molecule has 0 unspecified atom stereocenters. The summed E-state index contributed by atoms with van der Waals surface area (Å²) < 4.78 is 17.7. The molecular formula is C33H41IN2O8. The largest absolute Gasteiger partial charge is 0.497 e. The van der Waals surface area contributed by atoms with Crippen LogP contribution in [-0.2, 0) is 16.0 Å². The van der Waals surface area contributed by atoms with Crippen molar-refractivity contribution in [2.24, 2.45) is 0 Å². The molecule has 10 nitrogen and oxygen atoms in total. The van der Waals surface area contributed by atoms with Crippen LogP contribution in [-0.4, -0.2) is 85.4 Å². The zero-order chi connectivity index (χ0) is 32.1. The minimum absolute atomic E-state index is 0.0512. The second-order valence-electron chi connectivity index (χ2n) is 10.4. The van der Waals surface area contributed by atoms with Crippen molar-refractivity contribution in [3.63, 3.8) is 0 Å². The van der Waals surface area contributed by atoms with Gasteiger partial charge in [-0.2, -0.15) is 0 Å². The van der Waals surface area contributed by atoms with E-state index in [0.717, 1.165) is 18.4 Å². The number of rotatable bonds is 17. The smallest absolute Gasteiger partial charge is 0.247 e. The van der Waals surface area contributed by atoms with E-state index in [-0.39, 0.29) is 31.9 Å². The Morgan fingerprint density at radius 1 is 1.18 bits per heavy atom. The van der Waals surface area contributed by atoms with Crippen molar-refractivity contribution in [3.8, 4) is 17.2 Å². The molecule has 11 heteroatoms. The summed E-state index contributed by atoms with van der Waals surface area (Å²) >= 11 is 2.02. The Bertz CT molecular complexity index is 1330. The third kappa shape index (κ3) is 9.54. The van der Waals surface area contributed by atoms with Crippen LogP contribution in [0, 0.1) is 3.57 Å². The van der Waals surface area contributed by atoms with E-state index in [4.69, 9.17) is 14.2 Å². The summed E-state index contributed by atoms with van der Waals surface area (Å²) in [5, 5.41) is 23.7. The molecule has 2 aromatic rings. The van der Waals surface area contributed by atoms with Crippen LogP contribution < -0.4 is 19.5 Å². The van der Waals surface area contributed by atoms with Crippen LogP contribution in [0.1, 0.15) is 48.0 Å². The van der Waals surface area contributed by atoms with E-state index in [2.05, 4.69) is 11.9 Å². The third-order valence-corrected chi connectivity index (χ3v) is 8.20. The maximum Gasteiger partial charge on any atom is 0.247 e. The van der Waals surface area contributed by atoms with Crippen molar-refractivity contribution >= 4 is 40.7 Å². The number of methoxy groups -OCH3 is 2. The number of nitrogens with zero attached hydrogens (tertiary/aromatic N) is 1. The van der Waals surface area contributed by atoms with E-state index in [1.165, 1.54) is 13.2 Å². The van der Waals surface area contributed by atoms with Gasteiger partial charge < -0.3 is 34.6 Å². The zero-order valence-corrected chi connectivity index (χ0v) is 27.3. The fourth-order valence-corrected chi connectivity index (χ4v) is 5.85. The van der Waals surface area contributed by atoms with Gasteiger partial charge in [0.2, 0.25) is 11.8 Å². The van der Waals surface area contributed by atoms with Crippen molar-refractivity contribution in [1.82, 2.24) is 10.2 Å². The average Bonchev–Trinajstić information content (AvgIpc) is 3.04. The quantitative estimate of drug-likeness (QED) is 0.0972. The van der Waals surface area contributed by atoms with Gasteiger partial charge in [0, 0.05) is 37.1 Å². The zero-order valence-electron chi connectivity index (χ0n) is 25.2. The van der Waals surface area contributed by atoms with Crippen molar-refractivity contribution in [2.75, 3.05) is 33.9 Å². The van der Waals surface area contributed by atoms with Gasteiger partial charge in [-0.15, -0.1) is 6.58 Å². The fraction of sp³-hybridized carbons (Fsp3) is 0.424. The van der Waals surface area contributed by atoms with E-state index >= 15 is 0 Å². The number of aldehydes is 1. The second-order valence-corrected chi connectivity index (χ2v) is 11.6. The lowest BCUT2D eigenvalue weighted by atomic mass is 9.87. The molecule has 0 aliphatic heterocycles. The monoisotopic (exact) mass is 720 g/mol. The Balaban J connectivity index is 1.99. The molecule has 0 saturated carbocycles. The number of unbranched alkanes of at least 4 members (excludes halogenated alkanes) is 2. The van der Waals surface area contributed by atoms with Crippen LogP contribution in [0.25, 0.3) is 0 Å². The van der Waals surface area contributed by atoms with Gasteiger partial charge in [-0.25, -0.2) is 0 Å². The first-order chi connectivity index (χ1) is 21.3. The molecule has 0 bridgehead atoms. The van der Waals surface area contributed by atoms with E-state index < -0.39 is 24.2 Å². The first-order valence-corrected chi connectivity index (χ1v) is 15.6. The number of carbonyl (C=O) groups excluding carboxylic acids is 3. The molecule has 1 aliphatic carbocycles. The molecule has 0 fully saturated rings. The average molecular weight is 721 g/mol. The standard InChI is InChI=1S/C33H41IN2O8/c1-4-5-6-7-11-30(39)36(14-12-22-9-8-10-25(16-22)42-2)27-19-24(33(41)35-13-15-37)20-28(31(27)40)44-32-26(34)17-23(21-38)18-29(32)43-3/h4,8-10,16-18,20-21,27-28,31,37,40H,1,5-7,11-15,19H2,2-3H3,(H,35,41)/t27-,28+,31+/m1/s1. The molecule has 0 aromatic heterocycles. The van der Waals surface area contributed by atoms with Gasteiger partial charge in [0.05, 0.1) is 30.4 Å². The molecule has 238 valence electrons. The first-order valence-electron chi connectivity index (χ1n) is 14.6. The number of nitrogens with one attached hydrogen (secondary N) is 1. The number of halogens is 1. The molecule has 0 saturated heterocycles. The SMILES string of the molecule is C=CCCCCC(=O)N(CCc1cccc(OC)c1)[C@@H]1CC(C(=O)NCCO)=C[C@H](Oc2c(I)cc(C=O)cc2OC)[C@H]1O. The molecule has 2 amide bonds. The van der Waals surface area contributed by atoms with Crippen LogP contribution in [0.2, 0.25) is 0 Å². The highest BCUT2D eigenvalue weighted by molar-refractivity contribution is 14.1. The number of aliphatic hydroxyl groups is 2. The van der Waals surface area contributed by atoms with Gasteiger partial charge in [-0.05, 0) is 84.2 Å². The Kier molecular flexibility index (Phi) is 14.2. The number of benzene rings is 2. The number of carbonyl (C=O) groups is 3. The Morgan fingerprint density at radius 3 is 2.66 bits per heavy atom. The molecule has 2 aromatic carbocycles. The summed E-state index contributed by atoms with van der Waals surface area (Å²) in [6.07, 6.45) is 4.96. The topological polar surface area (TPSA) is 135 Å². The van der Waals surface area contributed by atoms with Crippen molar-refractivity contribution in [3.05, 3.63) is 75.4 Å². The maximum atomic E-state index is 13.8. The molecule has 3 N–H and O–H groups in total. The van der Waals surface area contributed by atoms with E-state index in [1.54, 1.807) is 24.2 Å². The summed E-state index contributed by atoms with van der Waals surface area (Å²) in [4.78, 5) is 40.0. The number of amides is 2. The van der Waals surface area contributed by atoms with Crippen LogP contribution in [0.5, 0.6) is 17.2 Å². The number of hydrogen-bond donors (Lipinski definition) is 3. The van der Waals surface area contributed by atoms with Crippen molar-refractivity contribution in [2.45, 2.75) is 56.8 Å². The van der Waals surface area contributed by atoms with Crippen LogP contribution >= 0.6 is 22.6 Å². The summed E-state index contributed by atoms with van der Waals surface area (Å²) in [6, 6.07) is 9.96. The van der Waals surface area contributed by atoms with Crippen LogP contribution in [0.3, 0.4) is 0 Å². The van der Waals surface area contributed by atoms with Crippen molar-refractivity contribution in [1.29, 1.82) is 0 Å². The van der Waals surface area contributed by atoms with Crippen molar-refractivity contribution < 1.29 is 38.8 Å². The highest BCUT2D eigenvalue weighted by Crippen LogP contribution is 2.37. The number of aliphatic hydroxyl groups excluding tert-OH is 2. The lowest BCUT2D eigenvalue weighted by molar-refractivity contribution is -0.138. The predicted molar refractivity (Wildman–Crippen MR) is 175 cm³/mol. The Labute approximate surface area is 272 Å². The summed E-state index contributed by atoms with van der Waals surface area (Å²) in [5.74, 6) is 0.730. The molecular weight excluding hydrogens is 679 g/mol. The van der Waals surface area contributed by atoms with E-state index in [0.29, 0.717) is 57.6 Å². The van der Waals surface area contributed by atoms with Crippen LogP contribution in [0.15, 0.2) is 60.7 Å². The Hall–Kier alpha value is -3.42. The third-order valence-electron chi connectivity index (χ3n) is 7.40. The molecule has 3 rings (SSSR count). The van der Waals surface area contributed by atoms with Gasteiger partial charge >= 0.3 is 0 Å². The summed E-state index contributed by atoms with van der Waals surface area (Å²) in [5.41, 5.74) is 1.67. The molecule has 3 atom stereocenters. The lowest BCUT2D eigenvalue weighted by Crippen LogP contribution is -2.55. The van der Waals surface area contributed by atoms with Crippen LogP contribution in [0.4, 0.5) is 0 Å². The van der Waals surface area contributed by atoms with Gasteiger partial charge in [0.25, 0.3) is 0 Å². The minimum Gasteiger partial charge on any atom is -0.497 e. The highest BCUT2D eigenvalue weighted by atomic mass is 127. The number of allylic oxidation sites excluding steroid dienone is 1. The number of ether oxygens (including phenoxy) is 3. The molecule has 0 radical (unpaired) electrons. The number of hydrogen-bond acceptors (Lipinski definition) is 8. The molecule has 1 aliphatic rings. The minimum atomic E-state index is -1.20. The first kappa shape index (κ1) is 35.1. The highest BCUT2D eigenvalue weighted by Gasteiger charge is 2.40. The van der Waals surface area contributed by atoms with Gasteiger partial charge in [-0.3, -0.25) is 14.4 Å². The lowest BCUT2D eigenvalue weighted by Gasteiger charge is -2.41. The van der Waals surface area contributed by atoms with Gasteiger partial charge in [0.1, 0.15) is 24.2 Å². The van der Waals surface area contributed by atoms with Gasteiger partial charge in [0.15, 0.2) is 11.5 Å². The summed E-state index contributed by atoms with van der Waals surface area (Å²) in [6.45, 7) is 3.86. The molecule has 44 heavy (non-hydrogen) atoms. The summed E-state index contributed by atoms with van der Waals surface area (Å²) in [7, 11) is 3.04. The Morgan fingerprint density at radius 2 is 1.98 bits per heavy atom. The molecule has 0 heterocycles. The van der Waals surface area contributed by atoms with E-state index in [9.17, 15) is 24.6 Å². The van der Waals surface area contributed by atoms with E-state index in [1.807, 2.05) is 52.9 Å². The predicted octanol–water partition coefficient (Wildman–Crippen LogP) is 3.85. The van der Waals surface area contributed by atoms with Gasteiger partial charge in [-0.1, -0.05) is 18.2 Å². The normalized spacial score (nSPS) is 17.7. The molecule has 0 spiro atoms. The maximum absolute atomic E-state index is 13.8. The second kappa shape index (κ2) is 17.8. The fourth-order valence-electron chi connectivity index (χ4n) is 5.10.